The minimum atomic E-state index is -0.0648. The van der Waals surface area contributed by atoms with Gasteiger partial charge in [-0.3, -0.25) is 0 Å². The SMILES string of the molecule is BB(OC)OC. The van der Waals surface area contributed by atoms with Gasteiger partial charge in [-0.15, -0.1) is 0 Å². The normalized spacial score (nSPS) is 8.33. The van der Waals surface area contributed by atoms with Gasteiger partial charge in [-0.2, -0.15) is 0 Å². The van der Waals surface area contributed by atoms with E-state index in [2.05, 4.69) is 9.31 Å². The third kappa shape index (κ3) is 2.30. The molecule has 0 aliphatic carbocycles. The number of hydrogen-bond acceptors (Lipinski definition) is 2. The van der Waals surface area contributed by atoms with Crippen molar-refractivity contribution < 1.29 is 9.31 Å². The second-order valence-electron chi connectivity index (χ2n) is 1.04. The van der Waals surface area contributed by atoms with Crippen molar-refractivity contribution in [3.63, 3.8) is 0 Å². The highest BCUT2D eigenvalue weighted by atomic mass is 16.6. The minimum absolute atomic E-state index is 0.0648. The van der Waals surface area contributed by atoms with Crippen LogP contribution in [0, 0.1) is 0 Å². The van der Waals surface area contributed by atoms with Crippen molar-refractivity contribution in [2.24, 2.45) is 0 Å². The standard InChI is InChI=1S/C2H8B2O2/c1-5-4(3)6-2/h3H2,1-2H3. The summed E-state index contributed by atoms with van der Waals surface area (Å²) < 4.78 is 9.35. The summed E-state index contributed by atoms with van der Waals surface area (Å²) in [5, 5.41) is 0. The van der Waals surface area contributed by atoms with Crippen LogP contribution < -0.4 is 0 Å². The predicted molar refractivity (Wildman–Crippen MR) is 28.3 cm³/mol. The van der Waals surface area contributed by atoms with Gasteiger partial charge in [0, 0.05) is 14.2 Å². The van der Waals surface area contributed by atoms with E-state index in [1.54, 1.807) is 14.2 Å². The molecule has 0 rings (SSSR count). The average Bonchev–Trinajstić information content (AvgIpc) is 1.65. The lowest BCUT2D eigenvalue weighted by atomic mass is 9.63. The summed E-state index contributed by atoms with van der Waals surface area (Å²) in [6.45, 7) is 0. The van der Waals surface area contributed by atoms with E-state index < -0.39 is 0 Å². The molecule has 0 saturated heterocycles. The van der Waals surface area contributed by atoms with Gasteiger partial charge in [-0.1, -0.05) is 0 Å². The molecule has 0 aromatic rings. The molecule has 6 heavy (non-hydrogen) atoms. The molecule has 0 unspecified atom stereocenters. The van der Waals surface area contributed by atoms with Gasteiger partial charge >= 0.3 is 7.01 Å². The molecule has 0 amide bonds. The summed E-state index contributed by atoms with van der Waals surface area (Å²) in [5.41, 5.74) is 0. The van der Waals surface area contributed by atoms with E-state index in [1.807, 2.05) is 7.74 Å². The lowest BCUT2D eigenvalue weighted by Crippen LogP contribution is -2.18. The third-order valence-electron chi connectivity index (χ3n) is 0.664. The molecule has 0 spiro atoms. The molecule has 4 heteroatoms. The molecule has 2 nitrogen and oxygen atoms in total. The Bertz CT molecular complexity index is 28.7. The van der Waals surface area contributed by atoms with Gasteiger partial charge in [-0.25, -0.2) is 0 Å². The summed E-state index contributed by atoms with van der Waals surface area (Å²) >= 11 is 0. The molecule has 0 N–H and O–H groups in total. The van der Waals surface area contributed by atoms with Crippen molar-refractivity contribution >= 4 is 14.7 Å². The zero-order valence-corrected chi connectivity index (χ0v) is 4.39. The van der Waals surface area contributed by atoms with E-state index in [0.29, 0.717) is 0 Å². The first-order valence-corrected chi connectivity index (χ1v) is 1.87. The van der Waals surface area contributed by atoms with Crippen LogP contribution in [0.25, 0.3) is 0 Å². The number of hydrogen-bond donors (Lipinski definition) is 0. The fourth-order valence-electron chi connectivity index (χ4n) is 0.0962. The van der Waals surface area contributed by atoms with Crippen LogP contribution in [0.15, 0.2) is 0 Å². The Hall–Kier alpha value is 0.0499. The van der Waals surface area contributed by atoms with Crippen LogP contribution in [0.2, 0.25) is 0 Å². The average molecular weight is 85.7 g/mol. The molecule has 34 valence electrons. The molecule has 0 radical (unpaired) electrons. The Kier molecular flexibility index (Phi) is 3.27. The van der Waals surface area contributed by atoms with Crippen molar-refractivity contribution in [2.45, 2.75) is 0 Å². The van der Waals surface area contributed by atoms with Crippen molar-refractivity contribution in [1.29, 1.82) is 0 Å². The van der Waals surface area contributed by atoms with Crippen LogP contribution >= 0.6 is 0 Å². The van der Waals surface area contributed by atoms with Crippen molar-refractivity contribution in [3.05, 3.63) is 0 Å². The molecule has 0 bridgehead atoms. The second-order valence-corrected chi connectivity index (χ2v) is 1.04. The maximum Gasteiger partial charge on any atom is 0.396 e. The van der Waals surface area contributed by atoms with Crippen LogP contribution in [-0.4, -0.2) is 29.0 Å². The first-order chi connectivity index (χ1) is 2.81. The Balaban J connectivity index is 2.75. The summed E-state index contributed by atoms with van der Waals surface area (Å²) in [6, 6.07) is 0. The van der Waals surface area contributed by atoms with E-state index >= 15 is 0 Å². The van der Waals surface area contributed by atoms with E-state index in [0.717, 1.165) is 0 Å². The monoisotopic (exact) mass is 86.1 g/mol. The van der Waals surface area contributed by atoms with Crippen LogP contribution in [-0.2, 0) is 9.31 Å². The lowest BCUT2D eigenvalue weighted by molar-refractivity contribution is 0.299. The van der Waals surface area contributed by atoms with E-state index in [1.165, 1.54) is 0 Å². The summed E-state index contributed by atoms with van der Waals surface area (Å²) in [7, 11) is 4.98. The van der Waals surface area contributed by atoms with Crippen molar-refractivity contribution in [3.8, 4) is 0 Å². The summed E-state index contributed by atoms with van der Waals surface area (Å²) in [4.78, 5) is 0. The molecular weight excluding hydrogens is 77.6 g/mol. The van der Waals surface area contributed by atoms with Gasteiger partial charge in [0.15, 0.2) is 7.74 Å². The van der Waals surface area contributed by atoms with Crippen molar-refractivity contribution in [2.75, 3.05) is 14.2 Å². The maximum absolute atomic E-state index is 4.68. The molecule has 0 heterocycles. The predicted octanol–water partition coefficient (Wildman–Crippen LogP) is -1.10. The van der Waals surface area contributed by atoms with Gasteiger partial charge < -0.3 is 9.31 Å². The van der Waals surface area contributed by atoms with E-state index in [9.17, 15) is 0 Å². The third-order valence-corrected chi connectivity index (χ3v) is 0.664. The van der Waals surface area contributed by atoms with E-state index in [-0.39, 0.29) is 7.01 Å². The van der Waals surface area contributed by atoms with Gasteiger partial charge in [-0.05, 0) is 0 Å². The highest BCUT2D eigenvalue weighted by Gasteiger charge is 1.99. The molecule has 0 aliphatic rings. The lowest BCUT2D eigenvalue weighted by Gasteiger charge is -1.97. The summed E-state index contributed by atoms with van der Waals surface area (Å²) in [5.74, 6) is 0. The smallest absolute Gasteiger partial charge is 0.396 e. The molecule has 0 fully saturated rings. The van der Waals surface area contributed by atoms with Gasteiger partial charge in [0.25, 0.3) is 0 Å². The maximum atomic E-state index is 4.68. The fourth-order valence-corrected chi connectivity index (χ4v) is 0.0962. The molecule has 0 saturated carbocycles. The van der Waals surface area contributed by atoms with E-state index in [4.69, 9.17) is 0 Å². The fraction of sp³-hybridized carbons (Fsp3) is 1.00. The molecule has 0 aromatic heterocycles. The topological polar surface area (TPSA) is 18.5 Å². The van der Waals surface area contributed by atoms with Crippen molar-refractivity contribution in [1.82, 2.24) is 0 Å². The highest BCUT2D eigenvalue weighted by Crippen LogP contribution is 1.71. The number of rotatable bonds is 2. The first kappa shape index (κ1) is 6.05. The largest absolute Gasteiger partial charge is 0.421 e. The molecule has 0 atom stereocenters. The molecule has 0 aliphatic heterocycles. The highest BCUT2D eigenvalue weighted by molar-refractivity contribution is 6.95. The Morgan fingerprint density at radius 3 is 1.67 bits per heavy atom. The molecular formula is C2H8B2O2. The zero-order chi connectivity index (χ0) is 4.99. The molecule has 0 aromatic carbocycles. The summed E-state index contributed by atoms with van der Waals surface area (Å²) in [6.07, 6.45) is 0. The minimum Gasteiger partial charge on any atom is -0.421 e. The Morgan fingerprint density at radius 2 is 1.67 bits per heavy atom. The Morgan fingerprint density at radius 1 is 1.33 bits per heavy atom. The zero-order valence-electron chi connectivity index (χ0n) is 4.39. The van der Waals surface area contributed by atoms with Gasteiger partial charge in [0.1, 0.15) is 0 Å². The van der Waals surface area contributed by atoms with Gasteiger partial charge in [0.05, 0.1) is 0 Å². The van der Waals surface area contributed by atoms with Crippen LogP contribution in [0.3, 0.4) is 0 Å². The van der Waals surface area contributed by atoms with Crippen LogP contribution in [0.4, 0.5) is 0 Å². The van der Waals surface area contributed by atoms with Crippen LogP contribution in [0.5, 0.6) is 0 Å². The quantitative estimate of drug-likeness (QED) is 0.397. The van der Waals surface area contributed by atoms with Gasteiger partial charge in [0.2, 0.25) is 0 Å². The van der Waals surface area contributed by atoms with Crippen LogP contribution in [0.1, 0.15) is 0 Å². The first-order valence-electron chi connectivity index (χ1n) is 1.87. The Labute approximate surface area is 39.4 Å². The second kappa shape index (κ2) is 3.25.